The molecular weight excluding hydrogens is 528 g/mol. The van der Waals surface area contributed by atoms with E-state index in [4.69, 9.17) is 0 Å². The molecule has 3 aromatic carbocycles. The normalized spacial score (nSPS) is 15.1. The van der Waals surface area contributed by atoms with E-state index in [-0.39, 0.29) is 41.9 Å². The van der Waals surface area contributed by atoms with E-state index in [2.05, 4.69) is 10.6 Å². The molecule has 1 aliphatic heterocycles. The number of nitrogens with one attached hydrogen (secondary N) is 2. The highest BCUT2D eigenvalue weighted by Crippen LogP contribution is 2.32. The summed E-state index contributed by atoms with van der Waals surface area (Å²) in [5.41, 5.74) is 3.79. The molecular formula is C34H38N4O4. The van der Waals surface area contributed by atoms with Crippen LogP contribution in [0.4, 0.5) is 11.4 Å². The highest BCUT2D eigenvalue weighted by Gasteiger charge is 2.36. The van der Waals surface area contributed by atoms with Crippen LogP contribution >= 0.6 is 0 Å². The number of hydrogen-bond acceptors (Lipinski definition) is 4. The standard InChI is InChI=1S/C34H38N4O4/c1-37(19-16-24-6-3-2-4-7-24)33(41)27-12-14-29(15-13-27)35-31(39)23-25-8-5-9-30(22-25)36-32(40)26-17-20-38(21-18-26)34(42)28-10-11-28/h2-9,12-15,22,26,28H,10-11,16-21,23H2,1H3,(H,35,39)(H,36,40). The zero-order valence-electron chi connectivity index (χ0n) is 24.1. The molecule has 218 valence electrons. The van der Waals surface area contributed by atoms with Crippen molar-refractivity contribution in [2.45, 2.75) is 38.5 Å². The Kier molecular flexibility index (Phi) is 9.31. The summed E-state index contributed by atoms with van der Waals surface area (Å²) < 4.78 is 0. The van der Waals surface area contributed by atoms with Crippen molar-refractivity contribution in [1.82, 2.24) is 9.80 Å². The van der Waals surface area contributed by atoms with Gasteiger partial charge >= 0.3 is 0 Å². The number of amides is 4. The van der Waals surface area contributed by atoms with Crippen LogP contribution in [0.25, 0.3) is 0 Å². The molecule has 0 aromatic heterocycles. The summed E-state index contributed by atoms with van der Waals surface area (Å²) in [7, 11) is 1.79. The van der Waals surface area contributed by atoms with Gasteiger partial charge in [-0.2, -0.15) is 0 Å². The van der Waals surface area contributed by atoms with E-state index in [0.29, 0.717) is 49.4 Å². The molecule has 1 aliphatic carbocycles. The van der Waals surface area contributed by atoms with Crippen LogP contribution in [0.2, 0.25) is 0 Å². The first-order valence-corrected chi connectivity index (χ1v) is 14.7. The third-order valence-corrected chi connectivity index (χ3v) is 8.00. The molecule has 4 amide bonds. The van der Waals surface area contributed by atoms with Gasteiger partial charge in [0.25, 0.3) is 5.91 Å². The molecule has 42 heavy (non-hydrogen) atoms. The summed E-state index contributed by atoms with van der Waals surface area (Å²) in [5.74, 6) is 0.0204. The molecule has 1 saturated heterocycles. The van der Waals surface area contributed by atoms with Crippen LogP contribution in [0, 0.1) is 11.8 Å². The highest BCUT2D eigenvalue weighted by molar-refractivity contribution is 5.96. The fourth-order valence-electron chi connectivity index (χ4n) is 5.30. The minimum atomic E-state index is -0.190. The number of piperidine rings is 1. The molecule has 0 radical (unpaired) electrons. The third-order valence-electron chi connectivity index (χ3n) is 8.00. The zero-order valence-corrected chi connectivity index (χ0v) is 24.1. The van der Waals surface area contributed by atoms with Crippen molar-refractivity contribution >= 4 is 35.0 Å². The Morgan fingerprint density at radius 1 is 0.762 bits per heavy atom. The van der Waals surface area contributed by atoms with Gasteiger partial charge in [0.2, 0.25) is 17.7 Å². The molecule has 2 fully saturated rings. The lowest BCUT2D eigenvalue weighted by molar-refractivity contribution is -0.135. The highest BCUT2D eigenvalue weighted by atomic mass is 16.2. The van der Waals surface area contributed by atoms with Crippen LogP contribution < -0.4 is 10.6 Å². The molecule has 8 heteroatoms. The SMILES string of the molecule is CN(CCc1ccccc1)C(=O)c1ccc(NC(=O)Cc2cccc(NC(=O)C3CCN(C(=O)C4CC4)CC3)c2)cc1. The summed E-state index contributed by atoms with van der Waals surface area (Å²) in [6.07, 6.45) is 4.25. The number of carbonyl (C=O) groups excluding carboxylic acids is 4. The first-order chi connectivity index (χ1) is 20.4. The molecule has 0 spiro atoms. The molecule has 5 rings (SSSR count). The van der Waals surface area contributed by atoms with Crippen LogP contribution in [0.5, 0.6) is 0 Å². The summed E-state index contributed by atoms with van der Waals surface area (Å²) in [6.45, 7) is 1.88. The van der Waals surface area contributed by atoms with Gasteiger partial charge in [0.15, 0.2) is 0 Å². The van der Waals surface area contributed by atoms with Gasteiger partial charge in [-0.05, 0) is 79.6 Å². The van der Waals surface area contributed by atoms with E-state index in [1.807, 2.05) is 59.5 Å². The van der Waals surface area contributed by atoms with Crippen molar-refractivity contribution in [2.24, 2.45) is 11.8 Å². The Bertz CT molecular complexity index is 1410. The van der Waals surface area contributed by atoms with Crippen molar-refractivity contribution in [1.29, 1.82) is 0 Å². The summed E-state index contributed by atoms with van der Waals surface area (Å²) in [5, 5.41) is 5.87. The van der Waals surface area contributed by atoms with E-state index in [0.717, 1.165) is 24.8 Å². The number of benzene rings is 3. The third kappa shape index (κ3) is 7.84. The smallest absolute Gasteiger partial charge is 0.253 e. The zero-order chi connectivity index (χ0) is 29.5. The van der Waals surface area contributed by atoms with Crippen molar-refractivity contribution in [3.05, 3.63) is 95.6 Å². The Morgan fingerprint density at radius 2 is 1.45 bits per heavy atom. The van der Waals surface area contributed by atoms with Crippen molar-refractivity contribution in [3.8, 4) is 0 Å². The van der Waals surface area contributed by atoms with Crippen molar-refractivity contribution in [3.63, 3.8) is 0 Å². The number of anilines is 2. The number of nitrogens with zero attached hydrogens (tertiary/aromatic N) is 2. The van der Waals surface area contributed by atoms with E-state index in [1.54, 1.807) is 36.2 Å². The maximum absolute atomic E-state index is 12.9. The second-order valence-electron chi connectivity index (χ2n) is 11.3. The number of likely N-dealkylation sites (N-methyl/N-ethyl adjacent to an activating group) is 1. The fraction of sp³-hybridized carbons (Fsp3) is 0.353. The Hall–Kier alpha value is -4.46. The van der Waals surface area contributed by atoms with E-state index < -0.39 is 0 Å². The summed E-state index contributed by atoms with van der Waals surface area (Å²) >= 11 is 0. The van der Waals surface area contributed by atoms with Crippen molar-refractivity contribution < 1.29 is 19.2 Å². The topological polar surface area (TPSA) is 98.8 Å². The lowest BCUT2D eigenvalue weighted by Crippen LogP contribution is -2.42. The summed E-state index contributed by atoms with van der Waals surface area (Å²) in [4.78, 5) is 54.3. The Morgan fingerprint density at radius 3 is 2.14 bits per heavy atom. The Labute approximate surface area is 247 Å². The minimum Gasteiger partial charge on any atom is -0.342 e. The second kappa shape index (κ2) is 13.5. The van der Waals surface area contributed by atoms with Gasteiger partial charge in [-0.25, -0.2) is 0 Å². The van der Waals surface area contributed by atoms with E-state index in [9.17, 15) is 19.2 Å². The van der Waals surface area contributed by atoms with Gasteiger partial charge in [-0.15, -0.1) is 0 Å². The second-order valence-corrected chi connectivity index (χ2v) is 11.3. The molecule has 0 bridgehead atoms. The predicted molar refractivity (Wildman–Crippen MR) is 163 cm³/mol. The predicted octanol–water partition coefficient (Wildman–Crippen LogP) is 4.77. The van der Waals surface area contributed by atoms with E-state index >= 15 is 0 Å². The molecule has 1 heterocycles. The first kappa shape index (κ1) is 29.0. The van der Waals surface area contributed by atoms with Gasteiger partial charge < -0.3 is 20.4 Å². The fourth-order valence-corrected chi connectivity index (χ4v) is 5.30. The van der Waals surface area contributed by atoms with Gasteiger partial charge in [-0.3, -0.25) is 19.2 Å². The molecule has 2 aliphatic rings. The van der Waals surface area contributed by atoms with Gasteiger partial charge in [-0.1, -0.05) is 42.5 Å². The maximum atomic E-state index is 12.9. The Balaban J connectivity index is 1.07. The monoisotopic (exact) mass is 566 g/mol. The maximum Gasteiger partial charge on any atom is 0.253 e. The lowest BCUT2D eigenvalue weighted by atomic mass is 9.95. The number of likely N-dealkylation sites (tertiary alicyclic amines) is 1. The molecule has 1 saturated carbocycles. The lowest BCUT2D eigenvalue weighted by Gasteiger charge is -2.31. The molecule has 2 N–H and O–H groups in total. The quantitative estimate of drug-likeness (QED) is 0.369. The van der Waals surface area contributed by atoms with E-state index in [1.165, 1.54) is 5.56 Å². The minimum absolute atomic E-state index is 0.0459. The number of hydrogen-bond donors (Lipinski definition) is 2. The first-order valence-electron chi connectivity index (χ1n) is 14.7. The molecule has 0 unspecified atom stereocenters. The van der Waals surface area contributed by atoms with Gasteiger partial charge in [0.1, 0.15) is 0 Å². The number of carbonyl (C=O) groups is 4. The molecule has 3 aromatic rings. The largest absolute Gasteiger partial charge is 0.342 e. The van der Waals surface area contributed by atoms with Crippen LogP contribution in [-0.4, -0.2) is 60.1 Å². The molecule has 0 atom stereocenters. The average molecular weight is 567 g/mol. The summed E-state index contributed by atoms with van der Waals surface area (Å²) in [6, 6.07) is 24.3. The van der Waals surface area contributed by atoms with Crippen LogP contribution in [0.3, 0.4) is 0 Å². The van der Waals surface area contributed by atoms with Gasteiger partial charge in [0, 0.05) is 55.5 Å². The van der Waals surface area contributed by atoms with Crippen LogP contribution in [0.1, 0.15) is 47.2 Å². The number of rotatable bonds is 10. The van der Waals surface area contributed by atoms with Crippen LogP contribution in [-0.2, 0) is 27.2 Å². The average Bonchev–Trinajstić information content (AvgIpc) is 3.86. The van der Waals surface area contributed by atoms with Gasteiger partial charge in [0.05, 0.1) is 6.42 Å². The van der Waals surface area contributed by atoms with Crippen molar-refractivity contribution in [2.75, 3.05) is 37.3 Å². The van der Waals surface area contributed by atoms with Crippen LogP contribution in [0.15, 0.2) is 78.9 Å². The molecule has 8 nitrogen and oxygen atoms in total.